The first-order valence-corrected chi connectivity index (χ1v) is 7.54. The highest BCUT2D eigenvalue weighted by Crippen LogP contribution is 2.27. The fraction of sp³-hybridized carbons (Fsp3) is 0.647. The summed E-state index contributed by atoms with van der Waals surface area (Å²) in [7, 11) is 0. The van der Waals surface area contributed by atoms with Gasteiger partial charge in [0.05, 0.1) is 13.2 Å². The highest BCUT2D eigenvalue weighted by atomic mass is 16.5. The maximum Gasteiger partial charge on any atom is 0.123 e. The van der Waals surface area contributed by atoms with Crippen molar-refractivity contribution in [3.05, 3.63) is 29.3 Å². The number of aliphatic hydroxyl groups is 1. The van der Waals surface area contributed by atoms with E-state index in [0.29, 0.717) is 18.6 Å². The molecule has 0 spiro atoms. The van der Waals surface area contributed by atoms with Crippen LogP contribution >= 0.6 is 0 Å². The third kappa shape index (κ3) is 5.51. The van der Waals surface area contributed by atoms with E-state index < -0.39 is 0 Å². The predicted octanol–water partition coefficient (Wildman–Crippen LogP) is 3.25. The number of hydrogen-bond acceptors (Lipinski definition) is 3. The van der Waals surface area contributed by atoms with Crippen LogP contribution in [-0.2, 0) is 0 Å². The minimum Gasteiger partial charge on any atom is -0.493 e. The Balaban J connectivity index is 2.58. The van der Waals surface area contributed by atoms with Crippen molar-refractivity contribution in [2.75, 3.05) is 13.2 Å². The Bertz CT molecular complexity index is 402. The lowest BCUT2D eigenvalue weighted by Crippen LogP contribution is -2.38. The quantitative estimate of drug-likeness (QED) is 0.767. The Morgan fingerprint density at radius 1 is 1.20 bits per heavy atom. The smallest absolute Gasteiger partial charge is 0.123 e. The largest absolute Gasteiger partial charge is 0.493 e. The van der Waals surface area contributed by atoms with Gasteiger partial charge < -0.3 is 15.2 Å². The van der Waals surface area contributed by atoms with Crippen LogP contribution in [0.15, 0.2) is 18.2 Å². The average molecular weight is 279 g/mol. The van der Waals surface area contributed by atoms with Gasteiger partial charge in [0, 0.05) is 12.1 Å². The van der Waals surface area contributed by atoms with Crippen LogP contribution in [0.3, 0.4) is 0 Å². The highest BCUT2D eigenvalue weighted by molar-refractivity contribution is 5.39. The topological polar surface area (TPSA) is 41.5 Å². The summed E-state index contributed by atoms with van der Waals surface area (Å²) < 4.78 is 5.94. The van der Waals surface area contributed by atoms with Gasteiger partial charge in [-0.3, -0.25) is 0 Å². The number of aryl methyl sites for hydroxylation is 1. The molecule has 3 nitrogen and oxygen atoms in total. The zero-order chi connectivity index (χ0) is 15.1. The molecule has 0 amide bonds. The normalized spacial score (nSPS) is 13.0. The van der Waals surface area contributed by atoms with Crippen LogP contribution < -0.4 is 10.1 Å². The van der Waals surface area contributed by atoms with Gasteiger partial charge in [0.2, 0.25) is 0 Å². The molecule has 1 unspecified atom stereocenters. The molecule has 0 saturated heterocycles. The van der Waals surface area contributed by atoms with Crippen molar-refractivity contribution in [1.82, 2.24) is 5.32 Å². The first-order valence-electron chi connectivity index (χ1n) is 7.54. The zero-order valence-electron chi connectivity index (χ0n) is 13.4. The standard InChI is InChI=1S/C17H29NO2/c1-12(2)16-7-6-14(5)10-17(16)20-9-8-15(11-19)18-13(3)4/h6-7,10,12-13,15,18-19H,8-9,11H2,1-5H3. The van der Waals surface area contributed by atoms with Gasteiger partial charge in [-0.25, -0.2) is 0 Å². The molecule has 0 aliphatic carbocycles. The predicted molar refractivity (Wildman–Crippen MR) is 84.5 cm³/mol. The average Bonchev–Trinajstić information content (AvgIpc) is 2.36. The van der Waals surface area contributed by atoms with Crippen molar-refractivity contribution in [2.24, 2.45) is 0 Å². The van der Waals surface area contributed by atoms with E-state index >= 15 is 0 Å². The summed E-state index contributed by atoms with van der Waals surface area (Å²) in [4.78, 5) is 0. The molecule has 20 heavy (non-hydrogen) atoms. The van der Waals surface area contributed by atoms with E-state index in [-0.39, 0.29) is 12.6 Å². The van der Waals surface area contributed by atoms with Gasteiger partial charge in [0.15, 0.2) is 0 Å². The molecule has 0 radical (unpaired) electrons. The number of aliphatic hydroxyl groups excluding tert-OH is 1. The molecule has 0 saturated carbocycles. The van der Waals surface area contributed by atoms with Crippen LogP contribution in [0.2, 0.25) is 0 Å². The number of ether oxygens (including phenoxy) is 1. The molecule has 0 aromatic heterocycles. The Hall–Kier alpha value is -1.06. The highest BCUT2D eigenvalue weighted by Gasteiger charge is 2.11. The third-order valence-corrected chi connectivity index (χ3v) is 3.30. The molecule has 1 atom stereocenters. The zero-order valence-corrected chi connectivity index (χ0v) is 13.4. The van der Waals surface area contributed by atoms with Crippen LogP contribution in [-0.4, -0.2) is 30.4 Å². The van der Waals surface area contributed by atoms with E-state index in [1.165, 1.54) is 11.1 Å². The Kier molecular flexibility index (Phi) is 7.03. The molecule has 1 aromatic rings. The molecule has 0 heterocycles. The van der Waals surface area contributed by atoms with Crippen molar-refractivity contribution in [3.8, 4) is 5.75 Å². The van der Waals surface area contributed by atoms with Crippen molar-refractivity contribution < 1.29 is 9.84 Å². The second kappa shape index (κ2) is 8.28. The summed E-state index contributed by atoms with van der Waals surface area (Å²) in [6.45, 7) is 11.4. The van der Waals surface area contributed by atoms with Gasteiger partial charge >= 0.3 is 0 Å². The number of rotatable bonds is 8. The van der Waals surface area contributed by atoms with Gasteiger partial charge in [0.25, 0.3) is 0 Å². The minimum atomic E-state index is 0.0994. The maximum atomic E-state index is 9.34. The van der Waals surface area contributed by atoms with E-state index in [2.05, 4.69) is 58.1 Å². The molecular formula is C17H29NO2. The van der Waals surface area contributed by atoms with Crippen molar-refractivity contribution in [1.29, 1.82) is 0 Å². The first kappa shape index (κ1) is 17.0. The van der Waals surface area contributed by atoms with Gasteiger partial charge in [0.1, 0.15) is 5.75 Å². The molecule has 1 rings (SSSR count). The summed E-state index contributed by atoms with van der Waals surface area (Å²) in [5.41, 5.74) is 2.45. The van der Waals surface area contributed by atoms with Crippen LogP contribution in [0, 0.1) is 6.92 Å². The lowest BCUT2D eigenvalue weighted by Gasteiger charge is -2.20. The fourth-order valence-corrected chi connectivity index (χ4v) is 2.25. The van der Waals surface area contributed by atoms with Gasteiger partial charge in [-0.1, -0.05) is 39.8 Å². The van der Waals surface area contributed by atoms with Gasteiger partial charge in [-0.2, -0.15) is 0 Å². The Morgan fingerprint density at radius 2 is 1.90 bits per heavy atom. The lowest BCUT2D eigenvalue weighted by atomic mass is 10.0. The van der Waals surface area contributed by atoms with Crippen molar-refractivity contribution in [3.63, 3.8) is 0 Å². The summed E-state index contributed by atoms with van der Waals surface area (Å²) in [5, 5.41) is 12.7. The Labute approximate surface area is 123 Å². The van der Waals surface area contributed by atoms with Crippen molar-refractivity contribution in [2.45, 2.75) is 59.0 Å². The molecule has 0 fully saturated rings. The molecule has 0 aliphatic rings. The lowest BCUT2D eigenvalue weighted by molar-refractivity contribution is 0.201. The van der Waals surface area contributed by atoms with E-state index in [0.717, 1.165) is 12.2 Å². The summed E-state index contributed by atoms with van der Waals surface area (Å²) >= 11 is 0. The van der Waals surface area contributed by atoms with Crippen LogP contribution in [0.1, 0.15) is 51.2 Å². The van der Waals surface area contributed by atoms with E-state index in [4.69, 9.17) is 4.74 Å². The summed E-state index contributed by atoms with van der Waals surface area (Å²) in [6, 6.07) is 6.84. The number of nitrogens with one attached hydrogen (secondary N) is 1. The SMILES string of the molecule is Cc1ccc(C(C)C)c(OCCC(CO)NC(C)C)c1. The second-order valence-corrected chi connectivity index (χ2v) is 6.03. The molecule has 3 heteroatoms. The number of benzene rings is 1. The molecule has 114 valence electrons. The van der Waals surface area contributed by atoms with Gasteiger partial charge in [-0.15, -0.1) is 0 Å². The van der Waals surface area contributed by atoms with Crippen LogP contribution in [0.25, 0.3) is 0 Å². The summed E-state index contributed by atoms with van der Waals surface area (Å²) in [5.74, 6) is 1.43. The second-order valence-electron chi connectivity index (χ2n) is 6.03. The monoisotopic (exact) mass is 279 g/mol. The third-order valence-electron chi connectivity index (χ3n) is 3.30. The Morgan fingerprint density at radius 3 is 2.45 bits per heavy atom. The van der Waals surface area contributed by atoms with Crippen molar-refractivity contribution >= 4 is 0 Å². The van der Waals surface area contributed by atoms with E-state index in [1.54, 1.807) is 0 Å². The molecular weight excluding hydrogens is 250 g/mol. The summed E-state index contributed by atoms with van der Waals surface area (Å²) in [6.07, 6.45) is 0.806. The molecule has 0 bridgehead atoms. The fourth-order valence-electron chi connectivity index (χ4n) is 2.25. The minimum absolute atomic E-state index is 0.0994. The maximum absolute atomic E-state index is 9.34. The first-order chi connectivity index (χ1) is 9.43. The van der Waals surface area contributed by atoms with Gasteiger partial charge in [-0.05, 0) is 36.5 Å². The molecule has 1 aromatic carbocycles. The van der Waals surface area contributed by atoms with E-state index in [9.17, 15) is 5.11 Å². The van der Waals surface area contributed by atoms with Crippen LogP contribution in [0.4, 0.5) is 0 Å². The van der Waals surface area contributed by atoms with Crippen LogP contribution in [0.5, 0.6) is 5.75 Å². The molecule has 2 N–H and O–H groups in total. The number of hydrogen-bond donors (Lipinski definition) is 2. The van der Waals surface area contributed by atoms with E-state index in [1.807, 2.05) is 0 Å². The molecule has 0 aliphatic heterocycles.